The number of aromatic nitrogens is 5. The van der Waals surface area contributed by atoms with Gasteiger partial charge in [0.15, 0.2) is 10.8 Å². The van der Waals surface area contributed by atoms with E-state index in [9.17, 15) is 5.11 Å². The highest BCUT2D eigenvalue weighted by Crippen LogP contribution is 2.35. The minimum absolute atomic E-state index is 0.163. The minimum atomic E-state index is 0.163. The van der Waals surface area contributed by atoms with Crippen molar-refractivity contribution in [3.05, 3.63) is 36.7 Å². The van der Waals surface area contributed by atoms with Crippen molar-refractivity contribution in [3.8, 4) is 28.1 Å². The summed E-state index contributed by atoms with van der Waals surface area (Å²) >= 11 is 1.62. The second kappa shape index (κ2) is 7.66. The molecule has 4 heterocycles. The highest BCUT2D eigenvalue weighted by atomic mass is 32.1. The lowest BCUT2D eigenvalue weighted by atomic mass is 10.0. The van der Waals surface area contributed by atoms with Crippen LogP contribution < -0.4 is 4.90 Å². The first kappa shape index (κ1) is 19.0. The molecule has 1 saturated heterocycles. The molecule has 1 aliphatic heterocycles. The van der Waals surface area contributed by atoms with Gasteiger partial charge in [-0.05, 0) is 56.7 Å². The van der Waals surface area contributed by atoms with Crippen molar-refractivity contribution in [2.24, 2.45) is 0 Å². The van der Waals surface area contributed by atoms with E-state index in [1.807, 2.05) is 18.2 Å². The lowest BCUT2D eigenvalue weighted by molar-refractivity contribution is 0.253. The molecule has 0 unspecified atom stereocenters. The summed E-state index contributed by atoms with van der Waals surface area (Å²) in [5.41, 5.74) is 3.74. The Morgan fingerprint density at radius 2 is 2.00 bits per heavy atom. The molecule has 3 aromatic heterocycles. The van der Waals surface area contributed by atoms with Crippen LogP contribution in [-0.2, 0) is 0 Å². The molecule has 1 aliphatic rings. The number of hydrogen-bond donors (Lipinski definition) is 2. The zero-order valence-corrected chi connectivity index (χ0v) is 17.7. The van der Waals surface area contributed by atoms with Crippen molar-refractivity contribution >= 4 is 26.8 Å². The number of hydrogen-bond acceptors (Lipinski definition) is 8. The van der Waals surface area contributed by atoms with Crippen LogP contribution in [0.4, 0.5) is 5.13 Å². The van der Waals surface area contributed by atoms with Crippen LogP contribution in [-0.4, -0.2) is 68.6 Å². The smallest absolute Gasteiger partial charge is 0.194 e. The van der Waals surface area contributed by atoms with E-state index in [4.69, 9.17) is 4.98 Å². The van der Waals surface area contributed by atoms with Crippen molar-refractivity contribution < 1.29 is 5.11 Å². The van der Waals surface area contributed by atoms with Gasteiger partial charge in [-0.3, -0.25) is 5.10 Å². The predicted molar refractivity (Wildman–Crippen MR) is 119 cm³/mol. The summed E-state index contributed by atoms with van der Waals surface area (Å²) in [6.45, 7) is 2.22. The third kappa shape index (κ3) is 3.50. The molecule has 8 nitrogen and oxygen atoms in total. The maximum Gasteiger partial charge on any atom is 0.194 e. The normalized spacial score (nSPS) is 15.7. The lowest BCUT2D eigenvalue weighted by Crippen LogP contribution is -2.41. The standard InChI is InChI=1S/C21H23N7OS/c1-27-7-5-15(6-8-27)28(2)21-24-20-19(30-21)10-17(25-26-20)16-4-3-13(9-18(16)29)14-11-22-23-12-14/h3-4,9-12,15,29H,5-8H2,1-2H3,(H,22,23). The van der Waals surface area contributed by atoms with Gasteiger partial charge in [0.25, 0.3) is 0 Å². The fourth-order valence-corrected chi connectivity index (χ4v) is 4.86. The van der Waals surface area contributed by atoms with Crippen LogP contribution in [0.1, 0.15) is 12.8 Å². The number of nitrogens with zero attached hydrogens (tertiary/aromatic N) is 6. The van der Waals surface area contributed by atoms with Crippen LogP contribution in [0.3, 0.4) is 0 Å². The monoisotopic (exact) mass is 421 g/mol. The van der Waals surface area contributed by atoms with E-state index >= 15 is 0 Å². The Morgan fingerprint density at radius 1 is 1.17 bits per heavy atom. The van der Waals surface area contributed by atoms with E-state index in [1.165, 1.54) is 0 Å². The van der Waals surface area contributed by atoms with Gasteiger partial charge in [0.1, 0.15) is 5.75 Å². The van der Waals surface area contributed by atoms with E-state index in [-0.39, 0.29) is 5.75 Å². The largest absolute Gasteiger partial charge is 0.507 e. The number of phenols is 1. The fourth-order valence-electron chi connectivity index (χ4n) is 3.89. The molecule has 5 rings (SSSR count). The molecule has 0 saturated carbocycles. The molecule has 1 fully saturated rings. The summed E-state index contributed by atoms with van der Waals surface area (Å²) < 4.78 is 0.966. The third-order valence-corrected chi connectivity index (χ3v) is 6.87. The van der Waals surface area contributed by atoms with Gasteiger partial charge in [-0.25, -0.2) is 0 Å². The molecule has 0 atom stereocenters. The number of thiazole rings is 1. The zero-order chi connectivity index (χ0) is 20.7. The number of nitrogens with one attached hydrogen (secondary N) is 1. The number of piperidine rings is 1. The lowest BCUT2D eigenvalue weighted by Gasteiger charge is -2.34. The Morgan fingerprint density at radius 3 is 2.73 bits per heavy atom. The number of phenolic OH excluding ortho intramolecular Hbond substituents is 1. The van der Waals surface area contributed by atoms with E-state index < -0.39 is 0 Å². The minimum Gasteiger partial charge on any atom is -0.507 e. The molecule has 0 amide bonds. The quantitative estimate of drug-likeness (QED) is 0.522. The number of benzene rings is 1. The number of aromatic hydroxyl groups is 1. The number of aromatic amines is 1. The summed E-state index contributed by atoms with van der Waals surface area (Å²) in [7, 11) is 4.28. The van der Waals surface area contributed by atoms with Gasteiger partial charge >= 0.3 is 0 Å². The summed E-state index contributed by atoms with van der Waals surface area (Å²) in [6.07, 6.45) is 5.79. The molecule has 0 aliphatic carbocycles. The maximum absolute atomic E-state index is 10.6. The molecule has 1 aromatic carbocycles. The van der Waals surface area contributed by atoms with Gasteiger partial charge in [0.05, 0.1) is 16.6 Å². The van der Waals surface area contributed by atoms with E-state index in [0.717, 1.165) is 46.9 Å². The molecule has 0 radical (unpaired) electrons. The molecule has 0 bridgehead atoms. The van der Waals surface area contributed by atoms with Crippen LogP contribution in [0.5, 0.6) is 5.75 Å². The number of fused-ring (bicyclic) bond motifs is 1. The van der Waals surface area contributed by atoms with Gasteiger partial charge in [0, 0.05) is 30.4 Å². The Labute approximate surface area is 178 Å². The van der Waals surface area contributed by atoms with E-state index in [0.29, 0.717) is 22.9 Å². The number of anilines is 1. The average molecular weight is 422 g/mol. The summed E-state index contributed by atoms with van der Waals surface area (Å²) in [4.78, 5) is 9.34. The molecule has 2 N–H and O–H groups in total. The molecule has 9 heteroatoms. The topological polar surface area (TPSA) is 94.1 Å². The second-order valence-corrected chi connectivity index (χ2v) is 8.79. The molecular formula is C21H23N7OS. The number of likely N-dealkylation sites (tertiary alicyclic amines) is 1. The Balaban J connectivity index is 1.43. The SMILES string of the molecule is CN1CCC(N(C)c2nc3nnc(-c4ccc(-c5cn[nH]c5)cc4O)cc3s2)CC1. The van der Waals surface area contributed by atoms with Crippen molar-refractivity contribution in [1.29, 1.82) is 0 Å². The molecule has 154 valence electrons. The van der Waals surface area contributed by atoms with E-state index in [1.54, 1.807) is 29.8 Å². The van der Waals surface area contributed by atoms with Crippen molar-refractivity contribution in [3.63, 3.8) is 0 Å². The summed E-state index contributed by atoms with van der Waals surface area (Å²) in [5, 5.41) is 26.9. The number of rotatable bonds is 4. The molecular weight excluding hydrogens is 398 g/mol. The Kier molecular flexibility index (Phi) is 4.84. The van der Waals surface area contributed by atoms with Gasteiger partial charge in [-0.2, -0.15) is 10.1 Å². The Hall–Kier alpha value is -3.04. The highest BCUT2D eigenvalue weighted by molar-refractivity contribution is 7.22. The van der Waals surface area contributed by atoms with E-state index in [2.05, 4.69) is 44.3 Å². The van der Waals surface area contributed by atoms with Crippen LogP contribution >= 0.6 is 11.3 Å². The first-order valence-electron chi connectivity index (χ1n) is 9.96. The van der Waals surface area contributed by atoms with Crippen molar-refractivity contribution in [2.75, 3.05) is 32.1 Å². The van der Waals surface area contributed by atoms with Gasteiger partial charge < -0.3 is 14.9 Å². The zero-order valence-electron chi connectivity index (χ0n) is 16.9. The van der Waals surface area contributed by atoms with Crippen LogP contribution in [0.2, 0.25) is 0 Å². The van der Waals surface area contributed by atoms with Crippen LogP contribution in [0.25, 0.3) is 32.7 Å². The summed E-state index contributed by atoms with van der Waals surface area (Å²) in [6, 6.07) is 7.97. The first-order chi connectivity index (χ1) is 14.6. The second-order valence-electron chi connectivity index (χ2n) is 7.78. The highest BCUT2D eigenvalue weighted by Gasteiger charge is 2.23. The Bertz CT molecular complexity index is 1170. The third-order valence-electron chi connectivity index (χ3n) is 5.79. The van der Waals surface area contributed by atoms with Gasteiger partial charge in [-0.1, -0.05) is 17.4 Å². The average Bonchev–Trinajstić information content (AvgIpc) is 3.43. The van der Waals surface area contributed by atoms with Crippen molar-refractivity contribution in [1.82, 2.24) is 30.3 Å². The fraction of sp³-hybridized carbons (Fsp3) is 0.333. The predicted octanol–water partition coefficient (Wildman–Crippen LogP) is 3.38. The first-order valence-corrected chi connectivity index (χ1v) is 10.8. The van der Waals surface area contributed by atoms with Crippen LogP contribution in [0, 0.1) is 0 Å². The number of H-pyrrole nitrogens is 1. The van der Waals surface area contributed by atoms with Gasteiger partial charge in [-0.15, -0.1) is 10.2 Å². The molecule has 30 heavy (non-hydrogen) atoms. The molecule has 0 spiro atoms. The van der Waals surface area contributed by atoms with Crippen molar-refractivity contribution in [2.45, 2.75) is 18.9 Å². The molecule has 4 aromatic rings. The summed E-state index contributed by atoms with van der Waals surface area (Å²) in [5.74, 6) is 0.163. The van der Waals surface area contributed by atoms with Gasteiger partial charge in [0.2, 0.25) is 0 Å². The maximum atomic E-state index is 10.6. The van der Waals surface area contributed by atoms with Crippen LogP contribution in [0.15, 0.2) is 36.7 Å².